The maximum absolute atomic E-state index is 10.3. The van der Waals surface area contributed by atoms with Gasteiger partial charge in [-0.25, -0.2) is 4.98 Å². The predicted octanol–water partition coefficient (Wildman–Crippen LogP) is 4.26. The molecular formula is C19H17NO3. The molecule has 2 aromatic carbocycles. The third kappa shape index (κ3) is 2.97. The quantitative estimate of drug-likeness (QED) is 0.632. The Morgan fingerprint density at radius 2 is 1.83 bits per heavy atom. The number of phenolic OH excluding ortho intramolecular Hbond substituents is 2. The van der Waals surface area contributed by atoms with Gasteiger partial charge in [-0.1, -0.05) is 31.2 Å². The van der Waals surface area contributed by atoms with E-state index in [1.165, 1.54) is 12.1 Å². The van der Waals surface area contributed by atoms with Crippen LogP contribution in [0.25, 0.3) is 22.7 Å². The van der Waals surface area contributed by atoms with E-state index in [-0.39, 0.29) is 22.8 Å². The number of fused-ring (bicyclic) bond motifs is 1. The van der Waals surface area contributed by atoms with Crippen molar-refractivity contribution < 1.29 is 15.3 Å². The number of nitrogens with zero attached hydrogens (tertiary/aromatic N) is 1. The van der Waals surface area contributed by atoms with E-state index in [1.807, 2.05) is 37.3 Å². The number of para-hydroxylation sites is 1. The summed E-state index contributed by atoms with van der Waals surface area (Å²) in [6.45, 7) is 1.89. The minimum Gasteiger partial charge on any atom is -0.508 e. The SMILES string of the molecule is CCc1cc(C(O)=Cc2ccc3ccccc3n2)c(O)cc1O. The highest BCUT2D eigenvalue weighted by molar-refractivity contribution is 5.83. The van der Waals surface area contributed by atoms with Crippen molar-refractivity contribution in [1.82, 2.24) is 4.98 Å². The second-order valence-electron chi connectivity index (χ2n) is 5.31. The van der Waals surface area contributed by atoms with E-state index < -0.39 is 0 Å². The van der Waals surface area contributed by atoms with Crippen LogP contribution < -0.4 is 0 Å². The van der Waals surface area contributed by atoms with Gasteiger partial charge in [-0.15, -0.1) is 0 Å². The van der Waals surface area contributed by atoms with Gasteiger partial charge in [-0.3, -0.25) is 0 Å². The molecule has 0 saturated heterocycles. The standard InChI is InChI=1S/C19H17NO3/c1-2-12-9-15(19(23)11-17(12)21)18(22)10-14-8-7-13-5-3-4-6-16(13)20-14/h3-11,21-23H,2H2,1H3. The molecule has 0 amide bonds. The Balaban J connectivity index is 2.04. The number of hydrogen-bond acceptors (Lipinski definition) is 4. The fourth-order valence-corrected chi connectivity index (χ4v) is 2.49. The molecular weight excluding hydrogens is 290 g/mol. The van der Waals surface area contributed by atoms with Crippen LogP contribution in [0, 0.1) is 0 Å². The summed E-state index contributed by atoms with van der Waals surface area (Å²) in [7, 11) is 0. The Morgan fingerprint density at radius 3 is 2.61 bits per heavy atom. The smallest absolute Gasteiger partial charge is 0.130 e. The zero-order valence-electron chi connectivity index (χ0n) is 12.7. The molecule has 23 heavy (non-hydrogen) atoms. The van der Waals surface area contributed by atoms with Crippen molar-refractivity contribution in [2.45, 2.75) is 13.3 Å². The highest BCUT2D eigenvalue weighted by Crippen LogP contribution is 2.32. The number of rotatable bonds is 3. The molecule has 0 radical (unpaired) electrons. The molecule has 0 aliphatic carbocycles. The summed E-state index contributed by atoms with van der Waals surface area (Å²) in [5.41, 5.74) is 2.35. The minimum atomic E-state index is -0.172. The first-order valence-corrected chi connectivity index (χ1v) is 7.40. The third-order valence-electron chi connectivity index (χ3n) is 3.76. The molecule has 0 saturated carbocycles. The van der Waals surface area contributed by atoms with Crippen LogP contribution in [-0.4, -0.2) is 20.3 Å². The van der Waals surface area contributed by atoms with Gasteiger partial charge in [0.25, 0.3) is 0 Å². The van der Waals surface area contributed by atoms with Gasteiger partial charge in [-0.2, -0.15) is 0 Å². The van der Waals surface area contributed by atoms with Crippen LogP contribution in [0.4, 0.5) is 0 Å². The largest absolute Gasteiger partial charge is 0.508 e. The van der Waals surface area contributed by atoms with E-state index in [9.17, 15) is 15.3 Å². The molecule has 116 valence electrons. The Kier molecular flexibility index (Phi) is 3.89. The average molecular weight is 307 g/mol. The van der Waals surface area contributed by atoms with Crippen molar-refractivity contribution in [1.29, 1.82) is 0 Å². The summed E-state index contributed by atoms with van der Waals surface area (Å²) in [6, 6.07) is 14.3. The second kappa shape index (κ2) is 6.01. The molecule has 3 rings (SSSR count). The average Bonchev–Trinajstić information content (AvgIpc) is 2.54. The molecule has 1 heterocycles. The lowest BCUT2D eigenvalue weighted by atomic mass is 10.0. The van der Waals surface area contributed by atoms with Crippen molar-refractivity contribution in [3.8, 4) is 11.5 Å². The normalized spacial score (nSPS) is 11.8. The molecule has 4 nitrogen and oxygen atoms in total. The van der Waals surface area contributed by atoms with Crippen molar-refractivity contribution in [3.05, 3.63) is 65.4 Å². The Bertz CT molecular complexity index is 900. The van der Waals surface area contributed by atoms with E-state index in [1.54, 1.807) is 12.1 Å². The molecule has 3 aromatic rings. The van der Waals surface area contributed by atoms with Gasteiger partial charge >= 0.3 is 0 Å². The van der Waals surface area contributed by atoms with E-state index >= 15 is 0 Å². The highest BCUT2D eigenvalue weighted by atomic mass is 16.3. The van der Waals surface area contributed by atoms with Gasteiger partial charge < -0.3 is 15.3 Å². The van der Waals surface area contributed by atoms with E-state index in [4.69, 9.17) is 0 Å². The minimum absolute atomic E-state index is 0.0189. The number of aliphatic hydroxyl groups is 1. The Morgan fingerprint density at radius 1 is 1.04 bits per heavy atom. The summed E-state index contributed by atoms with van der Waals surface area (Å²) >= 11 is 0. The molecule has 0 atom stereocenters. The van der Waals surface area contributed by atoms with Crippen molar-refractivity contribution in [2.75, 3.05) is 0 Å². The molecule has 0 spiro atoms. The fraction of sp³-hybridized carbons (Fsp3) is 0.105. The van der Waals surface area contributed by atoms with E-state index in [0.29, 0.717) is 17.7 Å². The number of benzene rings is 2. The molecule has 4 heteroatoms. The molecule has 1 aromatic heterocycles. The van der Waals surface area contributed by atoms with Crippen LogP contribution in [0.2, 0.25) is 0 Å². The fourth-order valence-electron chi connectivity index (χ4n) is 2.49. The topological polar surface area (TPSA) is 73.6 Å². The van der Waals surface area contributed by atoms with Gasteiger partial charge in [0, 0.05) is 17.5 Å². The molecule has 3 N–H and O–H groups in total. The summed E-state index contributed by atoms with van der Waals surface area (Å²) in [5.74, 6) is -0.250. The van der Waals surface area contributed by atoms with Crippen LogP contribution in [-0.2, 0) is 6.42 Å². The summed E-state index contributed by atoms with van der Waals surface area (Å²) < 4.78 is 0. The Labute approximate surface area is 134 Å². The van der Waals surface area contributed by atoms with E-state index in [2.05, 4.69) is 4.98 Å². The van der Waals surface area contributed by atoms with Crippen LogP contribution in [0.5, 0.6) is 11.5 Å². The van der Waals surface area contributed by atoms with Gasteiger partial charge in [0.15, 0.2) is 0 Å². The Hall–Kier alpha value is -3.01. The van der Waals surface area contributed by atoms with E-state index in [0.717, 1.165) is 10.9 Å². The summed E-state index contributed by atoms with van der Waals surface area (Å²) in [4.78, 5) is 4.46. The summed E-state index contributed by atoms with van der Waals surface area (Å²) in [6.07, 6.45) is 2.10. The lowest BCUT2D eigenvalue weighted by Crippen LogP contribution is -1.90. The first-order chi connectivity index (χ1) is 11.1. The number of aromatic nitrogens is 1. The number of pyridine rings is 1. The molecule has 0 fully saturated rings. The van der Waals surface area contributed by atoms with Crippen molar-refractivity contribution in [3.63, 3.8) is 0 Å². The van der Waals surface area contributed by atoms with Crippen molar-refractivity contribution in [2.24, 2.45) is 0 Å². The molecule has 0 aliphatic heterocycles. The van der Waals surface area contributed by atoms with Gasteiger partial charge in [0.2, 0.25) is 0 Å². The van der Waals surface area contributed by atoms with Gasteiger partial charge in [0.05, 0.1) is 16.8 Å². The monoisotopic (exact) mass is 307 g/mol. The van der Waals surface area contributed by atoms with Crippen LogP contribution in [0.1, 0.15) is 23.7 Å². The number of hydrogen-bond donors (Lipinski definition) is 3. The first-order valence-electron chi connectivity index (χ1n) is 7.40. The van der Waals surface area contributed by atoms with Crippen LogP contribution in [0.3, 0.4) is 0 Å². The van der Waals surface area contributed by atoms with Gasteiger partial charge in [-0.05, 0) is 30.2 Å². The zero-order valence-corrected chi connectivity index (χ0v) is 12.7. The number of aromatic hydroxyl groups is 2. The molecule has 0 aliphatic rings. The van der Waals surface area contributed by atoms with Crippen LogP contribution >= 0.6 is 0 Å². The highest BCUT2D eigenvalue weighted by Gasteiger charge is 2.11. The lowest BCUT2D eigenvalue weighted by molar-refractivity contribution is 0.440. The second-order valence-corrected chi connectivity index (χ2v) is 5.31. The zero-order chi connectivity index (χ0) is 16.4. The van der Waals surface area contributed by atoms with Crippen LogP contribution in [0.15, 0.2) is 48.5 Å². The number of phenols is 2. The first kappa shape index (κ1) is 14.9. The molecule has 0 unspecified atom stereocenters. The third-order valence-corrected chi connectivity index (χ3v) is 3.76. The maximum Gasteiger partial charge on any atom is 0.130 e. The lowest BCUT2D eigenvalue weighted by Gasteiger charge is -2.08. The summed E-state index contributed by atoms with van der Waals surface area (Å²) in [5, 5.41) is 31.0. The maximum atomic E-state index is 10.3. The number of aliphatic hydroxyl groups excluding tert-OH is 1. The number of aryl methyl sites for hydroxylation is 1. The predicted molar refractivity (Wildman–Crippen MR) is 91.4 cm³/mol. The molecule has 0 bridgehead atoms. The van der Waals surface area contributed by atoms with Gasteiger partial charge in [0.1, 0.15) is 17.3 Å². The van der Waals surface area contributed by atoms with Crippen molar-refractivity contribution >= 4 is 22.7 Å².